The van der Waals surface area contributed by atoms with E-state index in [4.69, 9.17) is 0 Å². The highest BCUT2D eigenvalue weighted by atomic mass is 19.1. The molecule has 23 heavy (non-hydrogen) atoms. The molecule has 0 saturated carbocycles. The minimum absolute atomic E-state index is 0.0144. The molecule has 2 nitrogen and oxygen atoms in total. The van der Waals surface area contributed by atoms with Gasteiger partial charge < -0.3 is 10.6 Å². The first-order valence-electron chi connectivity index (χ1n) is 7.69. The molecule has 1 aliphatic heterocycles. The monoisotopic (exact) mass is 304 g/mol. The highest BCUT2D eigenvalue weighted by molar-refractivity contribution is 6.05. The van der Waals surface area contributed by atoms with Crippen molar-refractivity contribution in [1.29, 1.82) is 0 Å². The van der Waals surface area contributed by atoms with E-state index in [1.165, 1.54) is 22.9 Å². The zero-order valence-electron chi connectivity index (χ0n) is 12.8. The molecule has 0 spiro atoms. The van der Waals surface area contributed by atoms with Crippen molar-refractivity contribution < 1.29 is 4.39 Å². The number of hydrogen-bond donors (Lipinski definition) is 2. The lowest BCUT2D eigenvalue weighted by Crippen LogP contribution is -2.32. The van der Waals surface area contributed by atoms with Crippen LogP contribution < -0.4 is 10.6 Å². The van der Waals surface area contributed by atoms with Gasteiger partial charge in [0.05, 0.1) is 0 Å². The summed E-state index contributed by atoms with van der Waals surface area (Å²) in [7, 11) is 0. The maximum atomic E-state index is 13.0. The Bertz CT molecular complexity index is 856. The summed E-state index contributed by atoms with van der Waals surface area (Å²) in [5.74, 6) is -0.214. The van der Waals surface area contributed by atoms with Gasteiger partial charge in [0.2, 0.25) is 0 Å². The van der Waals surface area contributed by atoms with Crippen LogP contribution in [-0.4, -0.2) is 6.17 Å². The molecule has 0 atom stereocenters. The van der Waals surface area contributed by atoms with Gasteiger partial charge in [0.15, 0.2) is 0 Å². The molecule has 0 amide bonds. The molecule has 1 heterocycles. The first-order valence-corrected chi connectivity index (χ1v) is 7.69. The van der Waals surface area contributed by atoms with Crippen molar-refractivity contribution in [1.82, 2.24) is 0 Å². The van der Waals surface area contributed by atoms with Gasteiger partial charge in [-0.05, 0) is 47.7 Å². The van der Waals surface area contributed by atoms with E-state index in [1.54, 1.807) is 12.1 Å². The van der Waals surface area contributed by atoms with E-state index >= 15 is 0 Å². The van der Waals surface area contributed by atoms with Crippen molar-refractivity contribution in [2.45, 2.75) is 13.1 Å². The molecule has 0 unspecified atom stereocenters. The smallest absolute Gasteiger partial charge is 0.123 e. The Balaban J connectivity index is 1.68. The van der Waals surface area contributed by atoms with Gasteiger partial charge in [0.1, 0.15) is 12.0 Å². The van der Waals surface area contributed by atoms with Crippen molar-refractivity contribution in [2.75, 3.05) is 10.6 Å². The first-order chi connectivity index (χ1) is 11.2. The van der Waals surface area contributed by atoms with Gasteiger partial charge in [-0.15, -0.1) is 0 Å². The Morgan fingerprint density at radius 2 is 1.52 bits per heavy atom. The van der Waals surface area contributed by atoms with Crippen LogP contribution in [0.5, 0.6) is 0 Å². The fourth-order valence-electron chi connectivity index (χ4n) is 3.06. The quantitative estimate of drug-likeness (QED) is 0.676. The van der Waals surface area contributed by atoms with E-state index in [0.29, 0.717) is 0 Å². The first kappa shape index (κ1) is 13.8. The molecule has 0 aromatic heterocycles. The molecule has 114 valence electrons. The van der Waals surface area contributed by atoms with Crippen LogP contribution >= 0.6 is 0 Å². The second-order valence-corrected chi connectivity index (χ2v) is 5.87. The van der Waals surface area contributed by atoms with Crippen LogP contribution in [-0.2, 0) is 0 Å². The second kappa shape index (κ2) is 5.43. The van der Waals surface area contributed by atoms with Crippen molar-refractivity contribution in [3.63, 3.8) is 0 Å². The average molecular weight is 304 g/mol. The lowest BCUT2D eigenvalue weighted by atomic mass is 10.0. The van der Waals surface area contributed by atoms with Crippen molar-refractivity contribution in [3.05, 3.63) is 77.6 Å². The molecule has 0 bridgehead atoms. The van der Waals surface area contributed by atoms with E-state index in [0.717, 1.165) is 22.5 Å². The van der Waals surface area contributed by atoms with Crippen LogP contribution in [0.1, 0.15) is 12.5 Å². The summed E-state index contributed by atoms with van der Waals surface area (Å²) in [5, 5.41) is 9.52. The van der Waals surface area contributed by atoms with Crippen molar-refractivity contribution in [2.24, 2.45) is 0 Å². The number of halogens is 1. The summed E-state index contributed by atoms with van der Waals surface area (Å²) in [6, 6.07) is 19.1. The van der Waals surface area contributed by atoms with Gasteiger partial charge in [-0.25, -0.2) is 4.39 Å². The highest BCUT2D eigenvalue weighted by Crippen LogP contribution is 2.35. The van der Waals surface area contributed by atoms with Crippen molar-refractivity contribution in [3.8, 4) is 0 Å². The Morgan fingerprint density at radius 1 is 0.913 bits per heavy atom. The fraction of sp³-hybridized carbons (Fsp3) is 0.100. The van der Waals surface area contributed by atoms with E-state index in [2.05, 4.69) is 60.0 Å². The molecular weight excluding hydrogens is 287 g/mol. The molecule has 0 radical (unpaired) electrons. The highest BCUT2D eigenvalue weighted by Gasteiger charge is 2.19. The Hall–Kier alpha value is -2.81. The third-order valence-corrected chi connectivity index (χ3v) is 4.22. The summed E-state index contributed by atoms with van der Waals surface area (Å²) in [5.41, 5.74) is 4.40. The zero-order chi connectivity index (χ0) is 15.8. The Kier molecular flexibility index (Phi) is 3.27. The lowest BCUT2D eigenvalue weighted by Gasteiger charge is -2.30. The minimum atomic E-state index is -0.214. The Morgan fingerprint density at radius 3 is 2.13 bits per heavy atom. The molecule has 4 rings (SSSR count). The van der Waals surface area contributed by atoms with Crippen LogP contribution in [0, 0.1) is 5.82 Å². The Labute approximate surface area is 134 Å². The number of anilines is 2. The molecule has 3 aromatic rings. The van der Waals surface area contributed by atoms with E-state index in [-0.39, 0.29) is 12.0 Å². The summed E-state index contributed by atoms with van der Waals surface area (Å²) in [6.07, 6.45) is 2.08. The summed E-state index contributed by atoms with van der Waals surface area (Å²) < 4.78 is 13.0. The van der Waals surface area contributed by atoms with Crippen molar-refractivity contribution >= 4 is 28.2 Å². The predicted octanol–water partition coefficient (Wildman–Crippen LogP) is 5.25. The maximum absolute atomic E-state index is 13.0. The summed E-state index contributed by atoms with van der Waals surface area (Å²) in [6.45, 7) is 2.07. The number of hydrogen-bond acceptors (Lipinski definition) is 2. The SMILES string of the molecule is C/C(=C\c1ccc(F)cc1)C1Nc2cccc3cccc(c23)N1. The van der Waals surface area contributed by atoms with Gasteiger partial charge in [0, 0.05) is 16.8 Å². The molecule has 1 aliphatic rings. The molecule has 2 N–H and O–H groups in total. The van der Waals surface area contributed by atoms with Gasteiger partial charge in [0.25, 0.3) is 0 Å². The predicted molar refractivity (Wildman–Crippen MR) is 95.0 cm³/mol. The molecule has 3 heteroatoms. The third-order valence-electron chi connectivity index (χ3n) is 4.22. The molecule has 0 aliphatic carbocycles. The minimum Gasteiger partial charge on any atom is -0.361 e. The van der Waals surface area contributed by atoms with Crippen LogP contribution in [0.3, 0.4) is 0 Å². The van der Waals surface area contributed by atoms with Gasteiger partial charge >= 0.3 is 0 Å². The third kappa shape index (κ3) is 2.55. The van der Waals surface area contributed by atoms with Crippen LogP contribution in [0.2, 0.25) is 0 Å². The van der Waals surface area contributed by atoms with Gasteiger partial charge in [-0.3, -0.25) is 0 Å². The average Bonchev–Trinajstić information content (AvgIpc) is 2.57. The number of nitrogens with one attached hydrogen (secondary N) is 2. The normalized spacial score (nSPS) is 14.4. The maximum Gasteiger partial charge on any atom is 0.123 e. The van der Waals surface area contributed by atoms with Gasteiger partial charge in [-0.2, -0.15) is 0 Å². The van der Waals surface area contributed by atoms with E-state index in [9.17, 15) is 4.39 Å². The second-order valence-electron chi connectivity index (χ2n) is 5.87. The number of benzene rings is 3. The molecule has 3 aromatic carbocycles. The van der Waals surface area contributed by atoms with E-state index in [1.807, 2.05) is 0 Å². The number of rotatable bonds is 2. The fourth-order valence-corrected chi connectivity index (χ4v) is 3.06. The molecule has 0 fully saturated rings. The summed E-state index contributed by atoms with van der Waals surface area (Å²) in [4.78, 5) is 0. The van der Waals surface area contributed by atoms with Crippen LogP contribution in [0.25, 0.3) is 16.8 Å². The van der Waals surface area contributed by atoms with Crippen LogP contribution in [0.4, 0.5) is 15.8 Å². The topological polar surface area (TPSA) is 24.1 Å². The standard InChI is InChI=1S/C20H17FN2/c1-13(12-14-8-10-16(21)11-9-14)20-22-17-6-2-4-15-5-3-7-18(23-20)19(15)17/h2-12,20,22-23H,1H3/b13-12+. The summed E-state index contributed by atoms with van der Waals surface area (Å²) >= 11 is 0. The molecule has 0 saturated heterocycles. The lowest BCUT2D eigenvalue weighted by molar-refractivity contribution is 0.627. The van der Waals surface area contributed by atoms with Crippen LogP contribution in [0.15, 0.2) is 66.2 Å². The van der Waals surface area contributed by atoms with Gasteiger partial charge in [-0.1, -0.05) is 42.5 Å². The molecular formula is C20H17FN2. The largest absolute Gasteiger partial charge is 0.361 e. The zero-order valence-corrected chi connectivity index (χ0v) is 12.8. The van der Waals surface area contributed by atoms with E-state index < -0.39 is 0 Å².